The maximum Gasteiger partial charge on any atom is 0.345 e. The highest BCUT2D eigenvalue weighted by Gasteiger charge is 2.09. The first-order valence-corrected chi connectivity index (χ1v) is 5.65. The molecular weight excluding hydrogens is 234 g/mol. The Bertz CT molecular complexity index is 683. The molecule has 1 aromatic heterocycles. The smallest absolute Gasteiger partial charge is 0.345 e. The van der Waals surface area contributed by atoms with Gasteiger partial charge in [-0.15, -0.1) is 11.3 Å². The van der Waals surface area contributed by atoms with Crippen molar-refractivity contribution >= 4 is 27.4 Å². The molecule has 4 heteroatoms. The van der Waals surface area contributed by atoms with Crippen LogP contribution in [-0.4, -0.2) is 11.1 Å². The molecule has 0 spiro atoms. The minimum Gasteiger partial charge on any atom is -0.477 e. The van der Waals surface area contributed by atoms with Gasteiger partial charge in [0.05, 0.1) is 12.5 Å². The zero-order valence-electron chi connectivity index (χ0n) is 8.73. The van der Waals surface area contributed by atoms with Gasteiger partial charge in [0.15, 0.2) is 0 Å². The summed E-state index contributed by atoms with van der Waals surface area (Å²) in [6.45, 7) is 0. The number of aromatic carboxylic acids is 1. The summed E-state index contributed by atoms with van der Waals surface area (Å²) in [7, 11) is 0. The van der Waals surface area contributed by atoms with E-state index in [1.165, 1.54) is 11.3 Å². The van der Waals surface area contributed by atoms with Gasteiger partial charge in [0.25, 0.3) is 0 Å². The topological polar surface area (TPSA) is 61.1 Å². The first-order valence-electron chi connectivity index (χ1n) is 4.84. The Labute approximate surface area is 102 Å². The van der Waals surface area contributed by atoms with Crippen molar-refractivity contribution in [3.63, 3.8) is 0 Å². The maximum atomic E-state index is 10.9. The summed E-state index contributed by atoms with van der Waals surface area (Å²) in [6, 6.07) is 9.09. The standard InChI is InChI=1S/C13H7NO2S/c14-7-2-1-4-9-5-3-6-11-10(9)8-12(17-11)13(15)16/h3,5-6,8H,2H2,(H,15,16). The summed E-state index contributed by atoms with van der Waals surface area (Å²) in [5.41, 5.74) is 0.765. The molecule has 0 atom stereocenters. The molecule has 3 nitrogen and oxygen atoms in total. The number of hydrogen-bond donors (Lipinski definition) is 1. The predicted molar refractivity (Wildman–Crippen MR) is 65.9 cm³/mol. The first kappa shape index (κ1) is 11.2. The van der Waals surface area contributed by atoms with Crippen LogP contribution in [-0.2, 0) is 0 Å². The second kappa shape index (κ2) is 4.69. The Hall–Kier alpha value is -2.30. The number of rotatable bonds is 1. The molecule has 0 amide bonds. The molecule has 0 saturated carbocycles. The van der Waals surface area contributed by atoms with Gasteiger partial charge < -0.3 is 5.11 Å². The monoisotopic (exact) mass is 241 g/mol. The van der Waals surface area contributed by atoms with Gasteiger partial charge in [0, 0.05) is 15.6 Å². The lowest BCUT2D eigenvalue weighted by molar-refractivity contribution is 0.0702. The highest BCUT2D eigenvalue weighted by Crippen LogP contribution is 2.27. The van der Waals surface area contributed by atoms with Gasteiger partial charge in [-0.1, -0.05) is 17.9 Å². The lowest BCUT2D eigenvalue weighted by atomic mass is 10.1. The lowest BCUT2D eigenvalue weighted by Gasteiger charge is -1.92. The minimum absolute atomic E-state index is 0.173. The van der Waals surface area contributed by atoms with E-state index in [1.54, 1.807) is 6.07 Å². The van der Waals surface area contributed by atoms with Crippen molar-refractivity contribution in [2.45, 2.75) is 6.42 Å². The Morgan fingerprint density at radius 3 is 3.00 bits per heavy atom. The summed E-state index contributed by atoms with van der Waals surface area (Å²) < 4.78 is 0.895. The van der Waals surface area contributed by atoms with Crippen LogP contribution < -0.4 is 0 Å². The quantitative estimate of drug-likeness (QED) is 0.781. The predicted octanol–water partition coefficient (Wildman–Crippen LogP) is 2.86. The number of carbonyl (C=O) groups is 1. The highest BCUT2D eigenvalue weighted by atomic mass is 32.1. The third kappa shape index (κ3) is 2.28. The van der Waals surface area contributed by atoms with Crippen LogP contribution in [0.5, 0.6) is 0 Å². The number of hydrogen-bond acceptors (Lipinski definition) is 3. The van der Waals surface area contributed by atoms with Crippen molar-refractivity contribution in [1.82, 2.24) is 0 Å². The molecule has 1 aromatic carbocycles. The van der Waals surface area contributed by atoms with Crippen LogP contribution in [0.15, 0.2) is 24.3 Å². The van der Waals surface area contributed by atoms with Gasteiger partial charge in [-0.25, -0.2) is 4.79 Å². The zero-order chi connectivity index (χ0) is 12.3. The molecule has 0 unspecified atom stereocenters. The van der Waals surface area contributed by atoms with Crippen molar-refractivity contribution < 1.29 is 9.90 Å². The number of fused-ring (bicyclic) bond motifs is 1. The molecule has 0 saturated heterocycles. The number of nitrogens with zero attached hydrogens (tertiary/aromatic N) is 1. The van der Waals surface area contributed by atoms with Crippen LogP contribution in [0.4, 0.5) is 0 Å². The third-order valence-electron chi connectivity index (χ3n) is 2.16. The maximum absolute atomic E-state index is 10.9. The number of carboxylic acids is 1. The fourth-order valence-electron chi connectivity index (χ4n) is 1.45. The van der Waals surface area contributed by atoms with Crippen LogP contribution in [0.3, 0.4) is 0 Å². The van der Waals surface area contributed by atoms with Crippen molar-refractivity contribution in [2.75, 3.05) is 0 Å². The number of carboxylic acid groups (broad SMARTS) is 1. The third-order valence-corrected chi connectivity index (χ3v) is 3.25. The summed E-state index contributed by atoms with van der Waals surface area (Å²) in [5.74, 6) is 4.68. The lowest BCUT2D eigenvalue weighted by Crippen LogP contribution is -1.89. The summed E-state index contributed by atoms with van der Waals surface area (Å²) in [4.78, 5) is 11.2. The van der Waals surface area contributed by atoms with Crippen molar-refractivity contribution in [3.8, 4) is 17.9 Å². The van der Waals surface area contributed by atoms with Crippen LogP contribution >= 0.6 is 11.3 Å². The molecule has 1 N–H and O–H groups in total. The largest absolute Gasteiger partial charge is 0.477 e. The molecule has 17 heavy (non-hydrogen) atoms. The Balaban J connectivity index is 2.55. The Kier molecular flexibility index (Phi) is 3.09. The zero-order valence-corrected chi connectivity index (χ0v) is 9.54. The van der Waals surface area contributed by atoms with E-state index >= 15 is 0 Å². The van der Waals surface area contributed by atoms with Crippen molar-refractivity contribution in [2.24, 2.45) is 0 Å². The minimum atomic E-state index is -0.929. The van der Waals surface area contributed by atoms with E-state index in [0.29, 0.717) is 4.88 Å². The van der Waals surface area contributed by atoms with Crippen LogP contribution in [0.1, 0.15) is 21.7 Å². The molecule has 2 rings (SSSR count). The second-order valence-electron chi connectivity index (χ2n) is 3.27. The van der Waals surface area contributed by atoms with E-state index in [4.69, 9.17) is 10.4 Å². The van der Waals surface area contributed by atoms with Gasteiger partial charge in [-0.2, -0.15) is 5.26 Å². The number of benzene rings is 1. The molecule has 82 valence electrons. The average molecular weight is 241 g/mol. The molecule has 0 radical (unpaired) electrons. The van der Waals surface area contributed by atoms with Crippen molar-refractivity contribution in [3.05, 3.63) is 34.7 Å². The molecule has 0 fully saturated rings. The van der Waals surface area contributed by atoms with E-state index in [0.717, 1.165) is 15.6 Å². The molecule has 0 aliphatic rings. The van der Waals surface area contributed by atoms with Crippen LogP contribution in [0, 0.1) is 23.2 Å². The van der Waals surface area contributed by atoms with Gasteiger partial charge in [0.1, 0.15) is 4.88 Å². The van der Waals surface area contributed by atoms with Gasteiger partial charge in [-0.3, -0.25) is 0 Å². The fraction of sp³-hybridized carbons (Fsp3) is 0.0769. The Morgan fingerprint density at radius 2 is 2.29 bits per heavy atom. The molecule has 0 aliphatic carbocycles. The van der Waals surface area contributed by atoms with E-state index in [9.17, 15) is 4.79 Å². The molecule has 0 aliphatic heterocycles. The molecular formula is C13H7NO2S. The van der Waals surface area contributed by atoms with E-state index in [-0.39, 0.29) is 6.42 Å². The molecule has 1 heterocycles. The van der Waals surface area contributed by atoms with Crippen molar-refractivity contribution in [1.29, 1.82) is 5.26 Å². The second-order valence-corrected chi connectivity index (χ2v) is 4.35. The molecule has 0 bridgehead atoms. The van der Waals surface area contributed by atoms with Gasteiger partial charge in [0.2, 0.25) is 0 Å². The van der Waals surface area contributed by atoms with Crippen LogP contribution in [0.25, 0.3) is 10.1 Å². The number of thiophene rings is 1. The Morgan fingerprint density at radius 1 is 1.47 bits per heavy atom. The normalized spacial score (nSPS) is 9.35. The van der Waals surface area contributed by atoms with E-state index in [2.05, 4.69) is 11.8 Å². The number of nitriles is 1. The van der Waals surface area contributed by atoms with Gasteiger partial charge in [-0.05, 0) is 18.2 Å². The van der Waals surface area contributed by atoms with E-state index < -0.39 is 5.97 Å². The molecule has 2 aromatic rings. The summed E-state index contributed by atoms with van der Waals surface area (Å²) in [6.07, 6.45) is 0.173. The first-order chi connectivity index (χ1) is 8.22. The highest BCUT2D eigenvalue weighted by molar-refractivity contribution is 7.20. The average Bonchev–Trinajstić information content (AvgIpc) is 2.74. The van der Waals surface area contributed by atoms with Crippen LogP contribution in [0.2, 0.25) is 0 Å². The fourth-order valence-corrected chi connectivity index (χ4v) is 2.38. The summed E-state index contributed by atoms with van der Waals surface area (Å²) >= 11 is 1.23. The van der Waals surface area contributed by atoms with Gasteiger partial charge >= 0.3 is 5.97 Å². The SMILES string of the molecule is N#CCC#Cc1cccc2sc(C(=O)O)cc12. The summed E-state index contributed by atoms with van der Waals surface area (Å²) in [5, 5.41) is 18.2. The van der Waals surface area contributed by atoms with E-state index in [1.807, 2.05) is 24.3 Å².